The average Bonchev–Trinajstić information content (AvgIpc) is 3.19. The second kappa shape index (κ2) is 8.31. The molecule has 1 heterocycles. The molecular formula is C21H24ClN3O4. The van der Waals surface area contributed by atoms with Crippen molar-refractivity contribution >= 4 is 29.2 Å². The van der Waals surface area contributed by atoms with Crippen molar-refractivity contribution in [2.75, 3.05) is 19.0 Å². The van der Waals surface area contributed by atoms with Crippen molar-refractivity contribution in [2.24, 2.45) is 5.73 Å². The van der Waals surface area contributed by atoms with Crippen LogP contribution in [-0.4, -0.2) is 41.6 Å². The number of hydrogen-bond donors (Lipinski definition) is 3. The number of halogens is 1. The quantitative estimate of drug-likeness (QED) is 0.693. The predicted molar refractivity (Wildman–Crippen MR) is 111 cm³/mol. The van der Waals surface area contributed by atoms with E-state index in [0.717, 1.165) is 6.42 Å². The first-order valence-electron chi connectivity index (χ1n) is 9.28. The highest BCUT2D eigenvalue weighted by Gasteiger charge is 2.42. The maximum absolute atomic E-state index is 12.9. The summed E-state index contributed by atoms with van der Waals surface area (Å²) in [7, 11) is 1.58. The molecule has 1 fully saturated rings. The molecular weight excluding hydrogens is 394 g/mol. The fraction of sp³-hybridized carbons (Fsp3) is 0.333. The molecule has 0 spiro atoms. The highest BCUT2D eigenvalue weighted by atomic mass is 35.5. The van der Waals surface area contributed by atoms with Crippen LogP contribution in [0, 0.1) is 0 Å². The van der Waals surface area contributed by atoms with Crippen LogP contribution >= 0.6 is 11.6 Å². The minimum Gasteiger partial charge on any atom is -0.497 e. The van der Waals surface area contributed by atoms with Gasteiger partial charge in [-0.25, -0.2) is 4.79 Å². The SMILES string of the molecule is COc1ccc([C@@](C)(O)[C@H]2CCCN2C(=O)Nc2ccc(C(N)=O)c(Cl)c2)cc1. The zero-order valence-electron chi connectivity index (χ0n) is 16.3. The summed E-state index contributed by atoms with van der Waals surface area (Å²) in [6.07, 6.45) is 1.46. The van der Waals surface area contributed by atoms with Crippen molar-refractivity contribution in [3.63, 3.8) is 0 Å². The molecule has 2 atom stereocenters. The lowest BCUT2D eigenvalue weighted by molar-refractivity contribution is -0.00944. The highest BCUT2D eigenvalue weighted by molar-refractivity contribution is 6.34. The van der Waals surface area contributed by atoms with E-state index in [1.807, 2.05) is 0 Å². The smallest absolute Gasteiger partial charge is 0.322 e. The van der Waals surface area contributed by atoms with Gasteiger partial charge in [-0.15, -0.1) is 0 Å². The number of anilines is 1. The first-order chi connectivity index (χ1) is 13.7. The van der Waals surface area contributed by atoms with Crippen LogP contribution in [0.4, 0.5) is 10.5 Å². The van der Waals surface area contributed by atoms with Gasteiger partial charge in [-0.2, -0.15) is 0 Å². The number of carbonyl (C=O) groups excluding carboxylic acids is 2. The number of likely N-dealkylation sites (tertiary alicyclic amines) is 1. The Morgan fingerprint density at radius 3 is 2.55 bits per heavy atom. The first kappa shape index (κ1) is 21.0. The number of primary amides is 1. The molecule has 3 rings (SSSR count). The molecule has 29 heavy (non-hydrogen) atoms. The van der Waals surface area contributed by atoms with Gasteiger partial charge in [0.1, 0.15) is 11.4 Å². The number of hydrogen-bond acceptors (Lipinski definition) is 4. The van der Waals surface area contributed by atoms with Crippen molar-refractivity contribution in [3.8, 4) is 5.75 Å². The van der Waals surface area contributed by atoms with Gasteiger partial charge in [0.2, 0.25) is 5.91 Å². The van der Waals surface area contributed by atoms with Crippen LogP contribution in [-0.2, 0) is 5.60 Å². The summed E-state index contributed by atoms with van der Waals surface area (Å²) < 4.78 is 5.17. The van der Waals surface area contributed by atoms with E-state index in [1.54, 1.807) is 49.3 Å². The summed E-state index contributed by atoms with van der Waals surface area (Å²) in [6.45, 7) is 2.24. The molecule has 0 aromatic heterocycles. The first-order valence-corrected chi connectivity index (χ1v) is 9.65. The normalized spacial score (nSPS) is 18.2. The van der Waals surface area contributed by atoms with E-state index in [4.69, 9.17) is 22.1 Å². The summed E-state index contributed by atoms with van der Waals surface area (Å²) in [5, 5.41) is 14.2. The second-order valence-corrected chi connectivity index (χ2v) is 7.62. The van der Waals surface area contributed by atoms with Crippen molar-refractivity contribution in [1.82, 2.24) is 4.90 Å². The van der Waals surface area contributed by atoms with Gasteiger partial charge in [0.15, 0.2) is 0 Å². The largest absolute Gasteiger partial charge is 0.497 e. The number of nitrogens with one attached hydrogen (secondary N) is 1. The second-order valence-electron chi connectivity index (χ2n) is 7.22. The molecule has 1 aliphatic heterocycles. The van der Waals surface area contributed by atoms with Gasteiger partial charge in [-0.05, 0) is 55.7 Å². The molecule has 0 saturated carbocycles. The molecule has 3 amide bonds. The highest BCUT2D eigenvalue weighted by Crippen LogP contribution is 2.35. The molecule has 1 aliphatic rings. The topological polar surface area (TPSA) is 105 Å². The van der Waals surface area contributed by atoms with Crippen LogP contribution in [0.15, 0.2) is 42.5 Å². The van der Waals surface area contributed by atoms with Crippen molar-refractivity contribution < 1.29 is 19.4 Å². The van der Waals surface area contributed by atoms with Gasteiger partial charge in [-0.3, -0.25) is 4.79 Å². The van der Waals surface area contributed by atoms with E-state index in [9.17, 15) is 14.7 Å². The van der Waals surface area contributed by atoms with Crippen LogP contribution in [0.3, 0.4) is 0 Å². The van der Waals surface area contributed by atoms with E-state index in [0.29, 0.717) is 30.0 Å². The summed E-state index contributed by atoms with van der Waals surface area (Å²) >= 11 is 6.06. The third-order valence-electron chi connectivity index (χ3n) is 5.32. The van der Waals surface area contributed by atoms with E-state index in [1.165, 1.54) is 12.1 Å². The molecule has 1 saturated heterocycles. The number of aliphatic hydroxyl groups is 1. The van der Waals surface area contributed by atoms with Crippen LogP contribution in [0.25, 0.3) is 0 Å². The molecule has 0 radical (unpaired) electrons. The molecule has 0 aliphatic carbocycles. The maximum Gasteiger partial charge on any atom is 0.322 e. The standard InChI is InChI=1S/C21H24ClN3O4/c1-21(28,13-5-8-15(29-2)9-6-13)18-4-3-11-25(18)20(27)24-14-7-10-16(19(23)26)17(22)12-14/h5-10,12,18,28H,3-4,11H2,1-2H3,(H2,23,26)(H,24,27)/t18-,21-/m1/s1. The molecule has 4 N–H and O–H groups in total. The van der Waals surface area contributed by atoms with Gasteiger partial charge in [0.25, 0.3) is 0 Å². The number of urea groups is 1. The van der Waals surface area contributed by atoms with E-state index in [-0.39, 0.29) is 16.6 Å². The third kappa shape index (κ3) is 4.31. The number of nitrogens with zero attached hydrogens (tertiary/aromatic N) is 1. The van der Waals surface area contributed by atoms with Crippen LogP contribution in [0.1, 0.15) is 35.7 Å². The Morgan fingerprint density at radius 1 is 1.28 bits per heavy atom. The Kier molecular flexibility index (Phi) is 6.00. The van der Waals surface area contributed by atoms with Gasteiger partial charge in [-0.1, -0.05) is 23.7 Å². The van der Waals surface area contributed by atoms with Gasteiger partial charge >= 0.3 is 6.03 Å². The zero-order chi connectivity index (χ0) is 21.2. The van der Waals surface area contributed by atoms with Gasteiger partial charge in [0.05, 0.1) is 23.7 Å². The third-order valence-corrected chi connectivity index (χ3v) is 5.64. The zero-order valence-corrected chi connectivity index (χ0v) is 17.1. The van der Waals surface area contributed by atoms with Crippen LogP contribution < -0.4 is 15.8 Å². The molecule has 2 aromatic carbocycles. The fourth-order valence-electron chi connectivity index (χ4n) is 3.70. The Hall–Kier alpha value is -2.77. The number of benzene rings is 2. The molecule has 0 bridgehead atoms. The van der Waals surface area contributed by atoms with Gasteiger partial charge in [0, 0.05) is 12.2 Å². The molecule has 7 nitrogen and oxygen atoms in total. The van der Waals surface area contributed by atoms with E-state index >= 15 is 0 Å². The average molecular weight is 418 g/mol. The lowest BCUT2D eigenvalue weighted by atomic mass is 9.86. The summed E-state index contributed by atoms with van der Waals surface area (Å²) in [6, 6.07) is 10.9. The summed E-state index contributed by atoms with van der Waals surface area (Å²) in [5.41, 5.74) is 5.36. The van der Waals surface area contributed by atoms with Crippen molar-refractivity contribution in [1.29, 1.82) is 0 Å². The number of methoxy groups -OCH3 is 1. The van der Waals surface area contributed by atoms with Crippen LogP contribution in [0.5, 0.6) is 5.75 Å². The molecule has 8 heteroatoms. The lowest BCUT2D eigenvalue weighted by Crippen LogP contribution is -2.49. The Labute approximate surface area is 174 Å². The summed E-state index contributed by atoms with van der Waals surface area (Å²) in [5.74, 6) is 0.0601. The molecule has 0 unspecified atom stereocenters. The van der Waals surface area contributed by atoms with Gasteiger partial charge < -0.3 is 25.8 Å². The Morgan fingerprint density at radius 2 is 1.97 bits per heavy atom. The van der Waals surface area contributed by atoms with E-state index in [2.05, 4.69) is 5.32 Å². The number of ether oxygens (including phenoxy) is 1. The predicted octanol–water partition coefficient (Wildman–Crippen LogP) is 3.35. The van der Waals surface area contributed by atoms with Crippen molar-refractivity contribution in [2.45, 2.75) is 31.4 Å². The number of nitrogens with two attached hydrogens (primary N) is 1. The van der Waals surface area contributed by atoms with Crippen molar-refractivity contribution in [3.05, 3.63) is 58.6 Å². The number of carbonyl (C=O) groups is 2. The minimum absolute atomic E-state index is 0.165. The number of rotatable bonds is 5. The van der Waals surface area contributed by atoms with Crippen LogP contribution in [0.2, 0.25) is 5.02 Å². The molecule has 2 aromatic rings. The summed E-state index contributed by atoms with van der Waals surface area (Å²) in [4.78, 5) is 25.8. The maximum atomic E-state index is 12.9. The minimum atomic E-state index is -1.23. The van der Waals surface area contributed by atoms with E-state index < -0.39 is 17.6 Å². The number of amides is 3. The molecule has 154 valence electrons. The monoisotopic (exact) mass is 417 g/mol. The lowest BCUT2D eigenvalue weighted by Gasteiger charge is -2.37. The fourth-order valence-corrected chi connectivity index (χ4v) is 3.98. The Balaban J connectivity index is 1.78. The Bertz CT molecular complexity index is 915.